The van der Waals surface area contributed by atoms with E-state index in [9.17, 15) is 8.42 Å². The van der Waals surface area contributed by atoms with E-state index in [1.54, 1.807) is 12.1 Å². The molecular weight excluding hydrogens is 411 g/mol. The van der Waals surface area contributed by atoms with Gasteiger partial charge >= 0.3 is 0 Å². The fourth-order valence-corrected chi connectivity index (χ4v) is 5.07. The van der Waals surface area contributed by atoms with Crippen LogP contribution in [0.4, 0.5) is 5.69 Å². The standard InChI is InChI=1S/C18H16Cl2N2O2S2/c1-3-22-16(13-8-9-14(19)17(10-13)26(20,23)24)11-25-18(22)21-15-7-5-4-6-12(15)2/h4-11H,3H2,1-2H3. The van der Waals surface area contributed by atoms with Gasteiger partial charge in [-0.3, -0.25) is 0 Å². The summed E-state index contributed by atoms with van der Waals surface area (Å²) in [6.07, 6.45) is 0. The molecule has 4 nitrogen and oxygen atoms in total. The third-order valence-corrected chi connectivity index (χ3v) is 6.60. The third kappa shape index (κ3) is 3.88. The summed E-state index contributed by atoms with van der Waals surface area (Å²) in [6, 6.07) is 12.7. The molecule has 0 aliphatic carbocycles. The average Bonchev–Trinajstić information content (AvgIpc) is 2.99. The molecule has 3 aromatic rings. The van der Waals surface area contributed by atoms with Crippen molar-refractivity contribution in [2.45, 2.75) is 25.3 Å². The van der Waals surface area contributed by atoms with Crippen LogP contribution < -0.4 is 4.80 Å². The predicted octanol–water partition coefficient (Wildman–Crippen LogP) is 5.36. The number of rotatable bonds is 4. The lowest BCUT2D eigenvalue weighted by Crippen LogP contribution is -2.14. The van der Waals surface area contributed by atoms with Crippen molar-refractivity contribution < 1.29 is 8.42 Å². The van der Waals surface area contributed by atoms with Gasteiger partial charge in [-0.2, -0.15) is 0 Å². The fourth-order valence-electron chi connectivity index (χ4n) is 2.60. The van der Waals surface area contributed by atoms with E-state index in [1.807, 2.05) is 48.1 Å². The van der Waals surface area contributed by atoms with Gasteiger partial charge in [0.25, 0.3) is 9.05 Å². The Balaban J connectivity index is 2.18. The smallest absolute Gasteiger partial charge is 0.262 e. The molecule has 136 valence electrons. The number of nitrogens with zero attached hydrogens (tertiary/aromatic N) is 2. The van der Waals surface area contributed by atoms with Gasteiger partial charge in [0.1, 0.15) is 4.90 Å². The summed E-state index contributed by atoms with van der Waals surface area (Å²) in [7, 11) is 1.57. The lowest BCUT2D eigenvalue weighted by Gasteiger charge is -2.08. The Labute approximate surface area is 165 Å². The maximum absolute atomic E-state index is 11.7. The second-order valence-electron chi connectivity index (χ2n) is 5.63. The Kier molecular flexibility index (Phi) is 5.58. The van der Waals surface area contributed by atoms with Crippen molar-refractivity contribution in [2.24, 2.45) is 4.99 Å². The molecule has 0 bridgehead atoms. The molecule has 2 aromatic carbocycles. The summed E-state index contributed by atoms with van der Waals surface area (Å²) in [6.45, 7) is 4.72. The van der Waals surface area contributed by atoms with E-state index in [-0.39, 0.29) is 9.92 Å². The lowest BCUT2D eigenvalue weighted by atomic mass is 10.2. The molecule has 1 heterocycles. The molecular formula is C18H16Cl2N2O2S2. The maximum atomic E-state index is 11.7. The minimum Gasteiger partial charge on any atom is -0.317 e. The van der Waals surface area contributed by atoms with Crippen molar-refractivity contribution >= 4 is 48.4 Å². The van der Waals surface area contributed by atoms with Crippen LogP contribution >= 0.6 is 33.6 Å². The second-order valence-corrected chi connectivity index (χ2v) is 9.41. The SMILES string of the molecule is CCn1c(-c2ccc(Cl)c(S(=O)(=O)Cl)c2)csc1=Nc1ccccc1C. The molecule has 0 aliphatic rings. The Morgan fingerprint density at radius 3 is 2.58 bits per heavy atom. The fraction of sp³-hybridized carbons (Fsp3) is 0.167. The van der Waals surface area contributed by atoms with E-state index in [0.717, 1.165) is 27.3 Å². The molecule has 0 saturated heterocycles. The maximum Gasteiger partial charge on any atom is 0.262 e. The lowest BCUT2D eigenvalue weighted by molar-refractivity contribution is 0.609. The van der Waals surface area contributed by atoms with Crippen LogP contribution in [-0.4, -0.2) is 13.0 Å². The molecule has 8 heteroatoms. The molecule has 0 radical (unpaired) electrons. The molecule has 0 N–H and O–H groups in total. The third-order valence-electron chi connectivity index (χ3n) is 3.94. The number of thiazole rings is 1. The van der Waals surface area contributed by atoms with Gasteiger partial charge in [0.05, 0.1) is 16.4 Å². The first kappa shape index (κ1) is 19.2. The summed E-state index contributed by atoms with van der Waals surface area (Å²) < 4.78 is 25.5. The molecule has 0 aliphatic heterocycles. The first-order valence-corrected chi connectivity index (χ1v) is 11.4. The minimum atomic E-state index is -3.92. The topological polar surface area (TPSA) is 51.4 Å². The first-order chi connectivity index (χ1) is 12.3. The van der Waals surface area contributed by atoms with Crippen LogP contribution in [0.25, 0.3) is 11.3 Å². The number of aromatic nitrogens is 1. The number of halogens is 2. The van der Waals surface area contributed by atoms with E-state index >= 15 is 0 Å². The Hall–Kier alpha value is -1.60. The van der Waals surface area contributed by atoms with E-state index in [1.165, 1.54) is 17.4 Å². The van der Waals surface area contributed by atoms with Crippen LogP contribution in [0.2, 0.25) is 5.02 Å². The number of hydrogen-bond acceptors (Lipinski definition) is 4. The summed E-state index contributed by atoms with van der Waals surface area (Å²) in [5, 5.41) is 2.06. The van der Waals surface area contributed by atoms with Crippen LogP contribution in [0.1, 0.15) is 12.5 Å². The predicted molar refractivity (Wildman–Crippen MR) is 108 cm³/mol. The second kappa shape index (κ2) is 7.56. The van der Waals surface area contributed by atoms with Crippen molar-refractivity contribution in [3.05, 3.63) is 63.2 Å². The highest BCUT2D eigenvalue weighted by molar-refractivity contribution is 8.13. The average molecular weight is 427 g/mol. The van der Waals surface area contributed by atoms with Gasteiger partial charge in [-0.25, -0.2) is 13.4 Å². The number of hydrogen-bond donors (Lipinski definition) is 0. The Morgan fingerprint density at radius 2 is 1.92 bits per heavy atom. The summed E-state index contributed by atoms with van der Waals surface area (Å²) >= 11 is 7.48. The Morgan fingerprint density at radius 1 is 1.19 bits per heavy atom. The highest BCUT2D eigenvalue weighted by Crippen LogP contribution is 2.30. The van der Waals surface area contributed by atoms with E-state index < -0.39 is 9.05 Å². The van der Waals surface area contributed by atoms with Crippen LogP contribution in [-0.2, 0) is 15.6 Å². The van der Waals surface area contributed by atoms with Gasteiger partial charge in [-0.1, -0.05) is 35.9 Å². The molecule has 0 amide bonds. The van der Waals surface area contributed by atoms with E-state index in [0.29, 0.717) is 6.54 Å². The zero-order valence-electron chi connectivity index (χ0n) is 14.1. The molecule has 0 atom stereocenters. The summed E-state index contributed by atoms with van der Waals surface area (Å²) in [5.41, 5.74) is 3.58. The van der Waals surface area contributed by atoms with Gasteiger partial charge < -0.3 is 4.57 Å². The first-order valence-electron chi connectivity index (χ1n) is 7.84. The molecule has 0 unspecified atom stereocenters. The van der Waals surface area contributed by atoms with Crippen molar-refractivity contribution in [1.29, 1.82) is 0 Å². The Bertz CT molecular complexity index is 1130. The van der Waals surface area contributed by atoms with Crippen LogP contribution in [0.15, 0.2) is 57.7 Å². The number of para-hydroxylation sites is 1. The van der Waals surface area contributed by atoms with Crippen molar-refractivity contribution in [3.63, 3.8) is 0 Å². The van der Waals surface area contributed by atoms with Crippen LogP contribution in [0.5, 0.6) is 0 Å². The van der Waals surface area contributed by atoms with Crippen molar-refractivity contribution in [1.82, 2.24) is 4.57 Å². The molecule has 3 rings (SSSR count). The van der Waals surface area contributed by atoms with Gasteiger partial charge in [0.2, 0.25) is 0 Å². The minimum absolute atomic E-state index is 0.0930. The monoisotopic (exact) mass is 426 g/mol. The largest absolute Gasteiger partial charge is 0.317 e. The molecule has 26 heavy (non-hydrogen) atoms. The molecule has 0 saturated carbocycles. The van der Waals surface area contributed by atoms with Crippen LogP contribution in [0.3, 0.4) is 0 Å². The molecule has 0 spiro atoms. The van der Waals surface area contributed by atoms with Gasteiger partial charge in [0, 0.05) is 28.2 Å². The van der Waals surface area contributed by atoms with Crippen LogP contribution in [0, 0.1) is 6.92 Å². The van der Waals surface area contributed by atoms with Gasteiger partial charge in [-0.15, -0.1) is 11.3 Å². The highest BCUT2D eigenvalue weighted by Gasteiger charge is 2.17. The van der Waals surface area contributed by atoms with Crippen molar-refractivity contribution in [2.75, 3.05) is 0 Å². The zero-order valence-corrected chi connectivity index (χ0v) is 17.3. The molecule has 0 fully saturated rings. The number of aryl methyl sites for hydroxylation is 1. The van der Waals surface area contributed by atoms with Crippen molar-refractivity contribution in [3.8, 4) is 11.3 Å². The van der Waals surface area contributed by atoms with Gasteiger partial charge in [-0.05, 0) is 37.6 Å². The molecule has 1 aromatic heterocycles. The highest BCUT2D eigenvalue weighted by atomic mass is 35.7. The zero-order chi connectivity index (χ0) is 18.9. The van der Waals surface area contributed by atoms with E-state index in [4.69, 9.17) is 27.3 Å². The quantitative estimate of drug-likeness (QED) is 0.527. The van der Waals surface area contributed by atoms with Gasteiger partial charge in [0.15, 0.2) is 4.80 Å². The summed E-state index contributed by atoms with van der Waals surface area (Å²) in [5.74, 6) is 0. The van der Waals surface area contributed by atoms with E-state index in [2.05, 4.69) is 0 Å². The number of benzene rings is 2. The summed E-state index contributed by atoms with van der Waals surface area (Å²) in [4.78, 5) is 5.50. The normalized spacial score (nSPS) is 12.5.